The molecule has 1 saturated heterocycles. The van der Waals surface area contributed by atoms with Crippen LogP contribution in [0.15, 0.2) is 44.3 Å². The number of anilines is 2. The lowest BCUT2D eigenvalue weighted by atomic mass is 10.1. The molecule has 2 aromatic rings. The van der Waals surface area contributed by atoms with Crippen LogP contribution in [-0.4, -0.2) is 31.1 Å². The van der Waals surface area contributed by atoms with E-state index < -0.39 is 0 Å². The van der Waals surface area contributed by atoms with Gasteiger partial charge in [0.1, 0.15) is 0 Å². The fourth-order valence-corrected chi connectivity index (χ4v) is 3.44. The highest BCUT2D eigenvalue weighted by Crippen LogP contribution is 2.31. The summed E-state index contributed by atoms with van der Waals surface area (Å²) < 4.78 is 6.71. The van der Waals surface area contributed by atoms with E-state index in [2.05, 4.69) is 36.7 Å². The maximum atomic E-state index is 12.1. The topological polar surface area (TPSA) is 86.9 Å². The summed E-state index contributed by atoms with van der Waals surface area (Å²) in [7, 11) is 0. The van der Waals surface area contributed by atoms with Gasteiger partial charge in [-0.15, -0.1) is 0 Å². The molecule has 0 atom stereocenters. The van der Waals surface area contributed by atoms with Gasteiger partial charge in [0, 0.05) is 37.3 Å². The lowest BCUT2D eigenvalue weighted by Crippen LogP contribution is -2.29. The third kappa shape index (κ3) is 5.19. The summed E-state index contributed by atoms with van der Waals surface area (Å²) >= 11 is 3.52. The molecule has 27 heavy (non-hydrogen) atoms. The van der Waals surface area contributed by atoms with Crippen LogP contribution in [0.25, 0.3) is 0 Å². The van der Waals surface area contributed by atoms with E-state index in [-0.39, 0.29) is 11.8 Å². The molecule has 1 aliphatic heterocycles. The molecule has 0 unspecified atom stereocenters. The van der Waals surface area contributed by atoms with E-state index in [1.807, 2.05) is 6.07 Å². The molecule has 1 aliphatic rings. The number of benzene rings is 1. The molecule has 2 amide bonds. The van der Waals surface area contributed by atoms with Crippen molar-refractivity contribution in [2.24, 2.45) is 5.10 Å². The van der Waals surface area contributed by atoms with Gasteiger partial charge in [-0.25, -0.2) is 5.43 Å². The van der Waals surface area contributed by atoms with Crippen LogP contribution < -0.4 is 15.6 Å². The number of hydrogen-bond acceptors (Lipinski definition) is 5. The van der Waals surface area contributed by atoms with Crippen LogP contribution in [0.3, 0.4) is 0 Å². The minimum absolute atomic E-state index is 0.162. The Labute approximate surface area is 165 Å². The molecule has 0 spiro atoms. The number of hydrazone groups is 1. The van der Waals surface area contributed by atoms with Gasteiger partial charge in [0.25, 0.3) is 5.91 Å². The first-order valence-corrected chi connectivity index (χ1v) is 9.57. The Morgan fingerprint density at radius 3 is 2.56 bits per heavy atom. The minimum atomic E-state index is -0.345. The van der Waals surface area contributed by atoms with Crippen molar-refractivity contribution in [3.63, 3.8) is 0 Å². The highest BCUT2D eigenvalue weighted by Gasteiger charge is 2.18. The predicted molar refractivity (Wildman–Crippen MR) is 108 cm³/mol. The normalized spacial score (nSPS) is 14.4. The summed E-state index contributed by atoms with van der Waals surface area (Å²) in [6.45, 7) is 3.39. The number of carbonyl (C=O) groups is 2. The minimum Gasteiger partial charge on any atom is -0.438 e. The monoisotopic (exact) mass is 432 g/mol. The van der Waals surface area contributed by atoms with Gasteiger partial charge in [-0.05, 0) is 59.5 Å². The van der Waals surface area contributed by atoms with E-state index in [0.29, 0.717) is 17.0 Å². The zero-order valence-electron chi connectivity index (χ0n) is 15.0. The van der Waals surface area contributed by atoms with Crippen LogP contribution in [0.5, 0.6) is 0 Å². The molecule has 0 saturated carbocycles. The number of furan rings is 1. The Hall–Kier alpha value is -2.61. The van der Waals surface area contributed by atoms with E-state index in [4.69, 9.17) is 4.42 Å². The molecule has 142 valence electrons. The number of rotatable bonds is 5. The highest BCUT2D eigenvalue weighted by molar-refractivity contribution is 9.10. The molecule has 2 N–H and O–H groups in total. The van der Waals surface area contributed by atoms with Gasteiger partial charge in [-0.1, -0.05) is 0 Å². The Balaban J connectivity index is 1.58. The third-order valence-electron chi connectivity index (χ3n) is 4.16. The Kier molecular flexibility index (Phi) is 6.28. The van der Waals surface area contributed by atoms with Crippen molar-refractivity contribution in [3.8, 4) is 0 Å². The van der Waals surface area contributed by atoms with Crippen molar-refractivity contribution in [1.82, 2.24) is 5.43 Å². The van der Waals surface area contributed by atoms with Crippen molar-refractivity contribution in [2.45, 2.75) is 26.2 Å². The zero-order valence-corrected chi connectivity index (χ0v) is 16.6. The second-order valence-corrected chi connectivity index (χ2v) is 7.16. The van der Waals surface area contributed by atoms with Gasteiger partial charge in [0.05, 0.1) is 10.7 Å². The van der Waals surface area contributed by atoms with Gasteiger partial charge < -0.3 is 14.6 Å². The van der Waals surface area contributed by atoms with Crippen molar-refractivity contribution < 1.29 is 14.0 Å². The molecular formula is C19H21BrN4O3. The zero-order chi connectivity index (χ0) is 19.2. The second kappa shape index (κ2) is 8.85. The molecule has 1 aromatic carbocycles. The first-order valence-electron chi connectivity index (χ1n) is 8.78. The standard InChI is InChI=1S/C19H21BrN4O3/c1-13(25)22-15-7-5-14(6-8-15)18(26)23-21-12-16-11-17(20)19(27-16)24-9-3-2-4-10-24/h5-8,11-12H,2-4,9-10H2,1H3,(H,22,25)(H,23,26)/b21-12-. The van der Waals surface area contributed by atoms with E-state index in [1.165, 1.54) is 19.6 Å². The number of amides is 2. The van der Waals surface area contributed by atoms with Crippen molar-refractivity contribution >= 4 is 45.5 Å². The van der Waals surface area contributed by atoms with Crippen LogP contribution in [0, 0.1) is 0 Å². The van der Waals surface area contributed by atoms with Gasteiger partial charge in [-0.2, -0.15) is 5.10 Å². The predicted octanol–water partition coefficient (Wildman–Crippen LogP) is 3.75. The fraction of sp³-hybridized carbons (Fsp3) is 0.316. The van der Waals surface area contributed by atoms with Crippen LogP contribution in [0.4, 0.5) is 11.6 Å². The average Bonchev–Trinajstić information content (AvgIpc) is 3.03. The van der Waals surface area contributed by atoms with E-state index in [0.717, 1.165) is 36.3 Å². The van der Waals surface area contributed by atoms with Crippen molar-refractivity contribution in [3.05, 3.63) is 46.1 Å². The van der Waals surface area contributed by atoms with Crippen molar-refractivity contribution in [2.75, 3.05) is 23.3 Å². The summed E-state index contributed by atoms with van der Waals surface area (Å²) in [6.07, 6.45) is 5.05. The van der Waals surface area contributed by atoms with Gasteiger partial charge in [-0.3, -0.25) is 9.59 Å². The third-order valence-corrected chi connectivity index (χ3v) is 4.72. The fourth-order valence-electron chi connectivity index (χ4n) is 2.88. The van der Waals surface area contributed by atoms with E-state index >= 15 is 0 Å². The average molecular weight is 433 g/mol. The molecule has 8 heteroatoms. The Morgan fingerprint density at radius 1 is 1.19 bits per heavy atom. The molecule has 0 bridgehead atoms. The maximum Gasteiger partial charge on any atom is 0.271 e. The molecular weight excluding hydrogens is 412 g/mol. The van der Waals surface area contributed by atoms with Crippen LogP contribution >= 0.6 is 15.9 Å². The number of nitrogens with zero attached hydrogens (tertiary/aromatic N) is 2. The lowest BCUT2D eigenvalue weighted by molar-refractivity contribution is -0.114. The maximum absolute atomic E-state index is 12.1. The quantitative estimate of drug-likeness (QED) is 0.556. The number of hydrogen-bond donors (Lipinski definition) is 2. The molecule has 1 fully saturated rings. The van der Waals surface area contributed by atoms with Crippen molar-refractivity contribution in [1.29, 1.82) is 0 Å². The molecule has 0 aliphatic carbocycles. The molecule has 0 radical (unpaired) electrons. The summed E-state index contributed by atoms with van der Waals surface area (Å²) in [5, 5.41) is 6.61. The summed E-state index contributed by atoms with van der Waals surface area (Å²) in [5.74, 6) is 0.854. The number of piperidine rings is 1. The first kappa shape index (κ1) is 19.2. The Morgan fingerprint density at radius 2 is 1.89 bits per heavy atom. The summed E-state index contributed by atoms with van der Waals surface area (Å²) in [4.78, 5) is 25.3. The molecule has 3 rings (SSSR count). The number of nitrogens with one attached hydrogen (secondary N) is 2. The number of halogens is 1. The largest absolute Gasteiger partial charge is 0.438 e. The summed E-state index contributed by atoms with van der Waals surface area (Å²) in [5.41, 5.74) is 3.54. The van der Waals surface area contributed by atoms with Gasteiger partial charge in [0.15, 0.2) is 5.76 Å². The summed E-state index contributed by atoms with van der Waals surface area (Å²) in [6, 6.07) is 8.40. The van der Waals surface area contributed by atoms with E-state index in [9.17, 15) is 9.59 Å². The first-order chi connectivity index (χ1) is 13.0. The van der Waals surface area contributed by atoms with Gasteiger partial charge >= 0.3 is 0 Å². The SMILES string of the molecule is CC(=O)Nc1ccc(C(=O)N/N=C\c2cc(Br)c(N3CCCCC3)o2)cc1. The Bertz CT molecular complexity index is 839. The second-order valence-electron chi connectivity index (χ2n) is 6.31. The number of carbonyl (C=O) groups excluding carboxylic acids is 2. The smallest absolute Gasteiger partial charge is 0.271 e. The molecule has 1 aromatic heterocycles. The molecule has 2 heterocycles. The van der Waals surface area contributed by atoms with Crippen LogP contribution in [0.1, 0.15) is 42.3 Å². The molecule has 7 nitrogen and oxygen atoms in total. The highest BCUT2D eigenvalue weighted by atomic mass is 79.9. The lowest BCUT2D eigenvalue weighted by Gasteiger charge is -2.26. The van der Waals surface area contributed by atoms with E-state index in [1.54, 1.807) is 24.3 Å². The van der Waals surface area contributed by atoms with Gasteiger partial charge in [0.2, 0.25) is 11.8 Å². The van der Waals surface area contributed by atoms with Crippen LogP contribution in [-0.2, 0) is 4.79 Å². The van der Waals surface area contributed by atoms with Crippen LogP contribution in [0.2, 0.25) is 0 Å².